The number of hydrogen-bond acceptors (Lipinski definition) is 8. The minimum Gasteiger partial charge on any atom is -0.468 e. The second-order valence-corrected chi connectivity index (χ2v) is 7.80. The van der Waals surface area contributed by atoms with Crippen molar-refractivity contribution in [1.82, 2.24) is 30.4 Å². The topological polar surface area (TPSA) is 141 Å². The van der Waals surface area contributed by atoms with Crippen molar-refractivity contribution in [3.05, 3.63) is 71.6 Å². The second kappa shape index (κ2) is 10.3. The number of amides is 2. The van der Waals surface area contributed by atoms with Gasteiger partial charge in [0.05, 0.1) is 36.3 Å². The Kier molecular flexibility index (Phi) is 7.04. The average molecular weight is 494 g/mol. The number of nitrogens with zero attached hydrogens (tertiary/aromatic N) is 4. The highest BCUT2D eigenvalue weighted by Crippen LogP contribution is 2.24. The number of fused-ring (bicyclic) bond motifs is 1. The number of hydrogen-bond donors (Lipinski definition) is 2. The number of carbonyl (C=O) groups excluding carboxylic acids is 3. The molecule has 186 valence electrons. The monoisotopic (exact) mass is 494 g/mol. The van der Waals surface area contributed by atoms with Crippen molar-refractivity contribution < 1.29 is 27.9 Å². The van der Waals surface area contributed by atoms with Crippen LogP contribution in [0.2, 0.25) is 0 Å². The van der Waals surface area contributed by atoms with Gasteiger partial charge in [-0.25, -0.2) is 14.1 Å². The second-order valence-electron chi connectivity index (χ2n) is 7.80. The van der Waals surface area contributed by atoms with E-state index in [1.54, 1.807) is 29.9 Å². The van der Waals surface area contributed by atoms with Gasteiger partial charge in [-0.1, -0.05) is 6.92 Å². The molecule has 11 nitrogen and oxygen atoms in total. The fraction of sp³-hybridized carbons (Fsp3) is 0.250. The molecule has 36 heavy (non-hydrogen) atoms. The molecule has 0 saturated carbocycles. The van der Waals surface area contributed by atoms with E-state index in [-0.39, 0.29) is 35.3 Å². The van der Waals surface area contributed by atoms with Crippen LogP contribution in [0.4, 0.5) is 4.39 Å². The number of benzene rings is 1. The van der Waals surface area contributed by atoms with Crippen LogP contribution in [-0.4, -0.2) is 51.2 Å². The number of ether oxygens (including phenoxy) is 1. The number of rotatable bonds is 8. The van der Waals surface area contributed by atoms with Gasteiger partial charge in [-0.15, -0.1) is 0 Å². The first-order chi connectivity index (χ1) is 17.3. The van der Waals surface area contributed by atoms with Crippen molar-refractivity contribution in [3.8, 4) is 5.69 Å². The molecule has 3 aromatic heterocycles. The first-order valence-corrected chi connectivity index (χ1v) is 11.0. The Hall–Kier alpha value is -4.61. The van der Waals surface area contributed by atoms with Crippen molar-refractivity contribution in [3.63, 3.8) is 0 Å². The van der Waals surface area contributed by atoms with Crippen LogP contribution in [0.25, 0.3) is 16.6 Å². The van der Waals surface area contributed by atoms with Crippen molar-refractivity contribution >= 4 is 28.7 Å². The fourth-order valence-electron chi connectivity index (χ4n) is 3.57. The summed E-state index contributed by atoms with van der Waals surface area (Å²) in [4.78, 5) is 45.3. The highest BCUT2D eigenvalue weighted by atomic mass is 19.1. The molecule has 2 N–H and O–H groups in total. The Morgan fingerprint density at radius 1 is 1.14 bits per heavy atom. The lowest BCUT2D eigenvalue weighted by Gasteiger charge is -2.14. The minimum absolute atomic E-state index is 0.00550. The van der Waals surface area contributed by atoms with Crippen molar-refractivity contribution in [2.75, 3.05) is 13.7 Å². The van der Waals surface area contributed by atoms with E-state index in [0.29, 0.717) is 23.0 Å². The number of carbonyl (C=O) groups is 3. The SMILES string of the molecule is CCC(NC(=O)c1cncc2c1cnn2-c1ccc(F)cc1)c1nc(C(=O)NCC(=O)OC)c(C)o1. The van der Waals surface area contributed by atoms with Crippen LogP contribution in [-0.2, 0) is 9.53 Å². The summed E-state index contributed by atoms with van der Waals surface area (Å²) in [5, 5.41) is 10.1. The molecule has 12 heteroatoms. The molecule has 1 aromatic carbocycles. The van der Waals surface area contributed by atoms with Gasteiger partial charge in [0.15, 0.2) is 5.69 Å². The predicted octanol–water partition coefficient (Wildman–Crippen LogP) is 2.64. The van der Waals surface area contributed by atoms with Gasteiger partial charge in [-0.3, -0.25) is 19.4 Å². The maximum Gasteiger partial charge on any atom is 0.325 e. The Balaban J connectivity index is 1.55. The molecule has 0 fully saturated rings. The molecule has 0 radical (unpaired) electrons. The zero-order chi connectivity index (χ0) is 25.8. The van der Waals surface area contributed by atoms with Gasteiger partial charge in [-0.2, -0.15) is 5.10 Å². The number of aromatic nitrogens is 4. The lowest BCUT2D eigenvalue weighted by Crippen LogP contribution is -2.31. The quantitative estimate of drug-likeness (QED) is 0.356. The van der Waals surface area contributed by atoms with E-state index >= 15 is 0 Å². The van der Waals surface area contributed by atoms with E-state index in [4.69, 9.17) is 4.42 Å². The molecule has 0 spiro atoms. The van der Waals surface area contributed by atoms with Crippen LogP contribution in [0.5, 0.6) is 0 Å². The summed E-state index contributed by atoms with van der Waals surface area (Å²) in [6, 6.07) is 5.15. The van der Waals surface area contributed by atoms with Gasteiger partial charge < -0.3 is 19.8 Å². The molecule has 0 saturated heterocycles. The Morgan fingerprint density at radius 2 is 1.89 bits per heavy atom. The van der Waals surface area contributed by atoms with E-state index < -0.39 is 23.8 Å². The number of methoxy groups -OCH3 is 1. The van der Waals surface area contributed by atoms with E-state index in [1.807, 2.05) is 6.92 Å². The lowest BCUT2D eigenvalue weighted by molar-refractivity contribution is -0.139. The maximum absolute atomic E-state index is 13.3. The summed E-state index contributed by atoms with van der Waals surface area (Å²) >= 11 is 0. The molecule has 3 heterocycles. The van der Waals surface area contributed by atoms with Crippen LogP contribution in [0, 0.1) is 12.7 Å². The molecule has 0 aliphatic heterocycles. The molecular formula is C24H23FN6O5. The smallest absolute Gasteiger partial charge is 0.325 e. The third-order valence-corrected chi connectivity index (χ3v) is 5.47. The molecular weight excluding hydrogens is 471 g/mol. The first-order valence-electron chi connectivity index (χ1n) is 11.0. The molecule has 4 rings (SSSR count). The fourth-order valence-corrected chi connectivity index (χ4v) is 3.57. The Labute approximate surface area is 204 Å². The summed E-state index contributed by atoms with van der Waals surface area (Å²) in [6.07, 6.45) is 4.95. The zero-order valence-electron chi connectivity index (χ0n) is 19.7. The van der Waals surface area contributed by atoms with E-state index in [0.717, 1.165) is 0 Å². The summed E-state index contributed by atoms with van der Waals surface area (Å²) < 4.78 is 25.0. The van der Waals surface area contributed by atoms with Crippen LogP contribution in [0.1, 0.15) is 51.9 Å². The summed E-state index contributed by atoms with van der Waals surface area (Å²) in [5.74, 6) is -1.63. The Bertz CT molecular complexity index is 1430. The van der Waals surface area contributed by atoms with Gasteiger partial charge in [0.1, 0.15) is 24.2 Å². The van der Waals surface area contributed by atoms with Gasteiger partial charge in [0.2, 0.25) is 5.89 Å². The van der Waals surface area contributed by atoms with E-state index in [1.165, 1.54) is 31.6 Å². The molecule has 1 unspecified atom stereocenters. The first kappa shape index (κ1) is 24.5. The molecule has 4 aromatic rings. The number of halogens is 1. The summed E-state index contributed by atoms with van der Waals surface area (Å²) in [6.45, 7) is 3.08. The van der Waals surface area contributed by atoms with Crippen molar-refractivity contribution in [2.45, 2.75) is 26.3 Å². The third-order valence-electron chi connectivity index (χ3n) is 5.47. The van der Waals surface area contributed by atoms with E-state index in [9.17, 15) is 18.8 Å². The van der Waals surface area contributed by atoms with Gasteiger partial charge in [0, 0.05) is 11.6 Å². The number of pyridine rings is 1. The van der Waals surface area contributed by atoms with Gasteiger partial charge in [0.25, 0.3) is 11.8 Å². The van der Waals surface area contributed by atoms with Gasteiger partial charge in [-0.05, 0) is 37.6 Å². The molecule has 0 aliphatic rings. The summed E-state index contributed by atoms with van der Waals surface area (Å²) in [5.41, 5.74) is 1.47. The normalized spacial score (nSPS) is 11.8. The molecule has 2 amide bonds. The number of oxazole rings is 1. The van der Waals surface area contributed by atoms with Crippen molar-refractivity contribution in [1.29, 1.82) is 0 Å². The van der Waals surface area contributed by atoms with Crippen LogP contribution in [0.15, 0.2) is 47.3 Å². The van der Waals surface area contributed by atoms with Crippen LogP contribution < -0.4 is 10.6 Å². The molecule has 0 aliphatic carbocycles. The highest BCUT2D eigenvalue weighted by Gasteiger charge is 2.25. The standard InChI is InChI=1S/C24H23FN6O5/c1-4-18(24-30-21(13(2)36-24)23(34)27-12-20(32)35-3)29-22(33)17-9-26-11-19-16(17)10-28-31(19)15-7-5-14(25)6-8-15/h5-11,18H,4,12H2,1-3H3,(H,27,34)(H,29,33). The molecule has 1 atom stereocenters. The van der Waals surface area contributed by atoms with Crippen molar-refractivity contribution in [2.24, 2.45) is 0 Å². The largest absolute Gasteiger partial charge is 0.468 e. The molecule has 0 bridgehead atoms. The zero-order valence-corrected chi connectivity index (χ0v) is 19.7. The van der Waals surface area contributed by atoms with Crippen LogP contribution >= 0.6 is 0 Å². The number of esters is 1. The minimum atomic E-state index is -0.638. The Morgan fingerprint density at radius 3 is 2.58 bits per heavy atom. The van der Waals surface area contributed by atoms with Crippen LogP contribution in [0.3, 0.4) is 0 Å². The predicted molar refractivity (Wildman–Crippen MR) is 125 cm³/mol. The van der Waals surface area contributed by atoms with E-state index in [2.05, 4.69) is 30.4 Å². The average Bonchev–Trinajstić information content (AvgIpc) is 3.49. The number of aryl methyl sites for hydroxylation is 1. The highest BCUT2D eigenvalue weighted by molar-refractivity contribution is 6.06. The summed E-state index contributed by atoms with van der Waals surface area (Å²) in [7, 11) is 1.21. The lowest BCUT2D eigenvalue weighted by atomic mass is 10.1. The maximum atomic E-state index is 13.3. The number of nitrogens with one attached hydrogen (secondary N) is 2. The third kappa shape index (κ3) is 4.92. The van der Waals surface area contributed by atoms with Gasteiger partial charge >= 0.3 is 5.97 Å².